The number of rotatable bonds is 36. The average molecular weight is 668 g/mol. The molecule has 0 heterocycles. The van der Waals surface area contributed by atoms with Gasteiger partial charge in [0.05, 0.1) is 6.42 Å². The van der Waals surface area contributed by atoms with Gasteiger partial charge in [-0.3, -0.25) is 14.4 Å². The van der Waals surface area contributed by atoms with Crippen molar-refractivity contribution in [3.05, 3.63) is 0 Å². The second-order valence-electron chi connectivity index (χ2n) is 13.3. The highest BCUT2D eigenvalue weighted by Gasteiger charge is 2.19. The predicted molar refractivity (Wildman–Crippen MR) is 187 cm³/mol. The summed E-state index contributed by atoms with van der Waals surface area (Å²) in [6.45, 7) is 4.00. The molecule has 0 aliphatic carbocycles. The fraction of sp³-hybridized carbons (Fsp3) is 0.897. The third-order valence-electron chi connectivity index (χ3n) is 8.66. The van der Waals surface area contributed by atoms with E-state index in [0.717, 1.165) is 32.1 Å². The van der Waals surface area contributed by atoms with E-state index in [-0.39, 0.29) is 32.0 Å². The molecule has 0 N–H and O–H groups in total. The van der Waals surface area contributed by atoms with Crippen LogP contribution in [0, 0.1) is 0 Å². The summed E-state index contributed by atoms with van der Waals surface area (Å²) >= 11 is 0. The largest absolute Gasteiger partial charge is 0.550 e. The molecule has 0 saturated heterocycles. The minimum absolute atomic E-state index is 0.199. The Hall–Kier alpha value is -2.12. The molecule has 0 aromatic heterocycles. The van der Waals surface area contributed by atoms with Gasteiger partial charge in [0.1, 0.15) is 13.2 Å². The van der Waals surface area contributed by atoms with Crippen molar-refractivity contribution in [3.63, 3.8) is 0 Å². The Balaban J connectivity index is 4.14. The van der Waals surface area contributed by atoms with E-state index >= 15 is 0 Å². The van der Waals surface area contributed by atoms with E-state index in [1.54, 1.807) is 0 Å². The monoisotopic (exact) mass is 668 g/mol. The van der Waals surface area contributed by atoms with E-state index in [4.69, 9.17) is 14.2 Å². The van der Waals surface area contributed by atoms with Crippen LogP contribution in [-0.2, 0) is 33.4 Å². The summed E-state index contributed by atoms with van der Waals surface area (Å²) in [5.74, 6) is -2.86. The van der Waals surface area contributed by atoms with Crippen molar-refractivity contribution in [2.75, 3.05) is 13.2 Å². The summed E-state index contributed by atoms with van der Waals surface area (Å²) < 4.78 is 15.9. The Kier molecular flexibility index (Phi) is 33.6. The number of ether oxygens (including phenoxy) is 3. The highest BCUT2D eigenvalue weighted by Crippen LogP contribution is 2.15. The van der Waals surface area contributed by atoms with E-state index in [0.29, 0.717) is 12.8 Å². The number of aliphatic carboxylic acids is 1. The fourth-order valence-electron chi connectivity index (χ4n) is 5.66. The second kappa shape index (κ2) is 35.2. The van der Waals surface area contributed by atoms with Gasteiger partial charge in [-0.2, -0.15) is 0 Å². The van der Waals surface area contributed by atoms with Crippen LogP contribution in [0.15, 0.2) is 0 Å². The molecule has 0 fully saturated rings. The average Bonchev–Trinajstić information content (AvgIpc) is 3.05. The van der Waals surface area contributed by atoms with E-state index in [1.807, 2.05) is 0 Å². The lowest BCUT2D eigenvalue weighted by molar-refractivity contribution is -0.305. The van der Waals surface area contributed by atoms with Crippen molar-refractivity contribution < 1.29 is 38.5 Å². The summed E-state index contributed by atoms with van der Waals surface area (Å²) in [6.07, 6.45) is 30.5. The highest BCUT2D eigenvalue weighted by molar-refractivity contribution is 5.75. The van der Waals surface area contributed by atoms with Gasteiger partial charge in [-0.25, -0.2) is 0 Å². The van der Waals surface area contributed by atoms with Gasteiger partial charge < -0.3 is 24.1 Å². The van der Waals surface area contributed by atoms with Crippen LogP contribution in [0.2, 0.25) is 0 Å². The molecule has 0 aromatic carbocycles. The first-order valence-electron chi connectivity index (χ1n) is 19.6. The molecule has 0 saturated carbocycles. The number of hydrogen-bond acceptors (Lipinski definition) is 8. The van der Waals surface area contributed by atoms with Crippen molar-refractivity contribution in [2.24, 2.45) is 0 Å². The predicted octanol–water partition coefficient (Wildman–Crippen LogP) is 9.48. The number of carboxylic acids is 1. The first-order valence-corrected chi connectivity index (χ1v) is 19.6. The van der Waals surface area contributed by atoms with Crippen LogP contribution in [0.4, 0.5) is 0 Å². The zero-order chi connectivity index (χ0) is 34.6. The molecule has 0 aromatic rings. The first kappa shape index (κ1) is 44.9. The molecule has 1 atom stereocenters. The lowest BCUT2D eigenvalue weighted by Crippen LogP contribution is -2.31. The summed E-state index contributed by atoms with van der Waals surface area (Å²) in [4.78, 5) is 47.3. The Morgan fingerprint density at radius 2 is 0.702 bits per heavy atom. The minimum atomic E-state index is -1.34. The lowest BCUT2D eigenvalue weighted by atomic mass is 10.0. The Labute approximate surface area is 287 Å². The van der Waals surface area contributed by atoms with Gasteiger partial charge in [0, 0.05) is 18.8 Å². The Bertz CT molecular complexity index is 753. The maximum absolute atomic E-state index is 12.5. The van der Waals surface area contributed by atoms with E-state index in [9.17, 15) is 24.3 Å². The van der Waals surface area contributed by atoms with Gasteiger partial charge in [0.25, 0.3) is 0 Å². The summed E-state index contributed by atoms with van der Waals surface area (Å²) in [6, 6.07) is 0. The van der Waals surface area contributed by atoms with Crippen LogP contribution in [0.1, 0.15) is 206 Å². The van der Waals surface area contributed by atoms with Gasteiger partial charge in [-0.1, -0.05) is 168 Å². The van der Waals surface area contributed by atoms with Crippen molar-refractivity contribution in [1.82, 2.24) is 0 Å². The number of carbonyl (C=O) groups is 4. The first-order chi connectivity index (χ1) is 22.9. The molecule has 8 heteroatoms. The third kappa shape index (κ3) is 35.0. The highest BCUT2D eigenvalue weighted by atomic mass is 16.6. The van der Waals surface area contributed by atoms with Crippen molar-refractivity contribution in [3.8, 4) is 0 Å². The second-order valence-corrected chi connectivity index (χ2v) is 13.3. The van der Waals surface area contributed by atoms with Crippen LogP contribution in [0.3, 0.4) is 0 Å². The molecule has 0 rings (SSSR count). The molecule has 47 heavy (non-hydrogen) atoms. The van der Waals surface area contributed by atoms with Crippen molar-refractivity contribution in [1.29, 1.82) is 0 Å². The van der Waals surface area contributed by atoms with Crippen LogP contribution in [0.25, 0.3) is 0 Å². The molecular formula is C39H71O8-. The number of unbranched alkanes of at least 4 members (excludes halogenated alkanes) is 24. The van der Waals surface area contributed by atoms with Crippen LogP contribution < -0.4 is 5.11 Å². The Morgan fingerprint density at radius 1 is 0.404 bits per heavy atom. The maximum Gasteiger partial charge on any atom is 0.306 e. The minimum Gasteiger partial charge on any atom is -0.550 e. The van der Waals surface area contributed by atoms with Gasteiger partial charge in [-0.15, -0.1) is 0 Å². The van der Waals surface area contributed by atoms with E-state index in [1.165, 1.54) is 128 Å². The lowest BCUT2D eigenvalue weighted by Gasteiger charge is -2.18. The molecule has 276 valence electrons. The van der Waals surface area contributed by atoms with Crippen molar-refractivity contribution >= 4 is 23.9 Å². The smallest absolute Gasteiger partial charge is 0.306 e. The molecule has 0 aliphatic heterocycles. The number of esters is 3. The molecule has 1 unspecified atom stereocenters. The SMILES string of the molecule is CCCCCCCCCCCCCCCC(=O)OCC(COC(=O)CCC(=O)[O-])OC(=O)CCCCCCCCCCCCCCC. The van der Waals surface area contributed by atoms with Crippen LogP contribution in [-0.4, -0.2) is 43.2 Å². The van der Waals surface area contributed by atoms with Crippen LogP contribution in [0.5, 0.6) is 0 Å². The van der Waals surface area contributed by atoms with Crippen LogP contribution >= 0.6 is 0 Å². The molecule has 0 spiro atoms. The Morgan fingerprint density at radius 3 is 1.04 bits per heavy atom. The quantitative estimate of drug-likeness (QED) is 0.0368. The number of carbonyl (C=O) groups excluding carboxylic acids is 4. The maximum atomic E-state index is 12.5. The van der Waals surface area contributed by atoms with Gasteiger partial charge in [0.15, 0.2) is 6.10 Å². The summed E-state index contributed by atoms with van der Waals surface area (Å²) in [5.41, 5.74) is 0. The van der Waals surface area contributed by atoms with E-state index < -0.39 is 30.4 Å². The van der Waals surface area contributed by atoms with Gasteiger partial charge >= 0.3 is 17.9 Å². The molecule has 0 amide bonds. The molecule has 0 aliphatic rings. The topological polar surface area (TPSA) is 119 Å². The zero-order valence-electron chi connectivity index (χ0n) is 30.5. The normalized spacial score (nSPS) is 11.7. The third-order valence-corrected chi connectivity index (χ3v) is 8.66. The summed E-state index contributed by atoms with van der Waals surface area (Å²) in [5, 5.41) is 10.6. The molecule has 0 bridgehead atoms. The van der Waals surface area contributed by atoms with Gasteiger partial charge in [0.2, 0.25) is 0 Å². The number of carboxylic acid groups (broad SMARTS) is 1. The van der Waals surface area contributed by atoms with Gasteiger partial charge in [-0.05, 0) is 19.3 Å². The van der Waals surface area contributed by atoms with E-state index in [2.05, 4.69) is 13.8 Å². The molecule has 0 radical (unpaired) electrons. The summed E-state index contributed by atoms with van der Waals surface area (Å²) in [7, 11) is 0. The molecule has 8 nitrogen and oxygen atoms in total. The molecular weight excluding hydrogens is 596 g/mol. The van der Waals surface area contributed by atoms with Crippen molar-refractivity contribution in [2.45, 2.75) is 213 Å². The zero-order valence-corrected chi connectivity index (χ0v) is 30.5. The number of hydrogen-bond donors (Lipinski definition) is 0. The standard InChI is InChI=1S/C39H72O8/c1-3-5-7-9-11-13-15-17-19-21-23-25-27-29-37(42)45-33-35(34-46-38(43)32-31-36(40)41)47-39(44)30-28-26-24-22-20-18-16-14-12-10-8-6-4-2/h35H,3-34H2,1-2H3,(H,40,41)/p-1. The fourth-order valence-corrected chi connectivity index (χ4v) is 5.66.